The Kier molecular flexibility index (Phi) is 4.68. The van der Waals surface area contributed by atoms with E-state index in [0.29, 0.717) is 17.7 Å². The molecule has 0 aromatic heterocycles. The average molecular weight is 273 g/mol. The summed E-state index contributed by atoms with van der Waals surface area (Å²) in [6, 6.07) is 13.8. The standard InChI is InChI=1S/C15H15NO4/c17-10-9-12-5-7-14(8-6-12)20-11-13-3-1-2-4-15(13)16(18)19/h1-8,17H,9-11H2. The van der Waals surface area contributed by atoms with Crippen LogP contribution in [-0.2, 0) is 13.0 Å². The summed E-state index contributed by atoms with van der Waals surface area (Å²) >= 11 is 0. The van der Waals surface area contributed by atoms with Gasteiger partial charge in [-0.2, -0.15) is 0 Å². The van der Waals surface area contributed by atoms with Crippen molar-refractivity contribution < 1.29 is 14.8 Å². The van der Waals surface area contributed by atoms with Crippen LogP contribution in [0.5, 0.6) is 5.75 Å². The van der Waals surface area contributed by atoms with Crippen molar-refractivity contribution in [2.24, 2.45) is 0 Å². The molecular formula is C15H15NO4. The molecule has 0 bridgehead atoms. The minimum Gasteiger partial charge on any atom is -0.489 e. The van der Waals surface area contributed by atoms with Crippen LogP contribution >= 0.6 is 0 Å². The fourth-order valence-corrected chi connectivity index (χ4v) is 1.85. The van der Waals surface area contributed by atoms with E-state index in [-0.39, 0.29) is 18.9 Å². The third kappa shape index (κ3) is 3.55. The predicted octanol–water partition coefficient (Wildman–Crippen LogP) is 2.71. The Hall–Kier alpha value is -2.40. The van der Waals surface area contributed by atoms with Crippen molar-refractivity contribution in [3.63, 3.8) is 0 Å². The lowest BCUT2D eigenvalue weighted by atomic mass is 10.1. The highest BCUT2D eigenvalue weighted by atomic mass is 16.6. The first-order valence-electron chi connectivity index (χ1n) is 6.25. The minimum absolute atomic E-state index is 0.0596. The number of nitro benzene ring substituents is 1. The van der Waals surface area contributed by atoms with Gasteiger partial charge < -0.3 is 9.84 Å². The number of hydrogen-bond acceptors (Lipinski definition) is 4. The van der Waals surface area contributed by atoms with Gasteiger partial charge in [-0.25, -0.2) is 0 Å². The van der Waals surface area contributed by atoms with Gasteiger partial charge in [0.2, 0.25) is 0 Å². The molecule has 2 aromatic rings. The summed E-state index contributed by atoms with van der Waals surface area (Å²) in [6.45, 7) is 0.257. The Balaban J connectivity index is 2.03. The van der Waals surface area contributed by atoms with Crippen molar-refractivity contribution in [3.05, 3.63) is 69.8 Å². The molecule has 2 rings (SSSR count). The Morgan fingerprint density at radius 2 is 1.80 bits per heavy atom. The SMILES string of the molecule is O=[N+]([O-])c1ccccc1COc1ccc(CCO)cc1. The second kappa shape index (κ2) is 6.68. The van der Waals surface area contributed by atoms with Gasteiger partial charge in [-0.1, -0.05) is 24.3 Å². The summed E-state index contributed by atoms with van der Waals surface area (Å²) in [5.74, 6) is 0.643. The molecule has 0 heterocycles. The monoisotopic (exact) mass is 273 g/mol. The lowest BCUT2D eigenvalue weighted by molar-refractivity contribution is -0.385. The summed E-state index contributed by atoms with van der Waals surface area (Å²) in [5, 5.41) is 19.7. The number of nitrogens with zero attached hydrogens (tertiary/aromatic N) is 1. The average Bonchev–Trinajstić information content (AvgIpc) is 2.47. The number of para-hydroxylation sites is 1. The lowest BCUT2D eigenvalue weighted by Crippen LogP contribution is -2.00. The zero-order valence-corrected chi connectivity index (χ0v) is 10.9. The van der Waals surface area contributed by atoms with Crippen LogP contribution in [-0.4, -0.2) is 16.6 Å². The molecule has 0 spiro atoms. The maximum atomic E-state index is 10.9. The van der Waals surface area contributed by atoms with Crippen LogP contribution in [0.3, 0.4) is 0 Å². The molecule has 0 amide bonds. The highest BCUT2D eigenvalue weighted by molar-refractivity contribution is 5.39. The Morgan fingerprint density at radius 1 is 1.10 bits per heavy atom. The maximum Gasteiger partial charge on any atom is 0.276 e. The first-order chi connectivity index (χ1) is 9.70. The summed E-state index contributed by atoms with van der Waals surface area (Å²) in [5.41, 5.74) is 1.62. The largest absolute Gasteiger partial charge is 0.489 e. The van der Waals surface area contributed by atoms with Gasteiger partial charge in [0.05, 0.1) is 10.5 Å². The number of nitro groups is 1. The second-order valence-electron chi connectivity index (χ2n) is 4.29. The fraction of sp³-hybridized carbons (Fsp3) is 0.200. The number of aliphatic hydroxyl groups excluding tert-OH is 1. The quantitative estimate of drug-likeness (QED) is 0.648. The van der Waals surface area contributed by atoms with Gasteiger partial charge >= 0.3 is 0 Å². The molecule has 0 aliphatic heterocycles. The van der Waals surface area contributed by atoms with Crippen LogP contribution in [0, 0.1) is 10.1 Å². The van der Waals surface area contributed by atoms with Crippen molar-refractivity contribution >= 4 is 5.69 Å². The smallest absolute Gasteiger partial charge is 0.276 e. The molecule has 0 saturated heterocycles. The maximum absolute atomic E-state index is 10.9. The molecule has 2 aromatic carbocycles. The first kappa shape index (κ1) is 14.0. The van der Waals surface area contributed by atoms with E-state index in [0.717, 1.165) is 5.56 Å². The Bertz CT molecular complexity index is 581. The summed E-state index contributed by atoms with van der Waals surface area (Å²) in [7, 11) is 0. The number of aliphatic hydroxyl groups is 1. The zero-order chi connectivity index (χ0) is 14.4. The van der Waals surface area contributed by atoms with E-state index in [4.69, 9.17) is 9.84 Å². The molecule has 0 atom stereocenters. The van der Waals surface area contributed by atoms with Gasteiger partial charge in [-0.15, -0.1) is 0 Å². The van der Waals surface area contributed by atoms with E-state index in [1.54, 1.807) is 30.3 Å². The van der Waals surface area contributed by atoms with Gasteiger partial charge in [-0.05, 0) is 30.2 Å². The van der Waals surface area contributed by atoms with Crippen LogP contribution in [0.2, 0.25) is 0 Å². The zero-order valence-electron chi connectivity index (χ0n) is 10.9. The first-order valence-corrected chi connectivity index (χ1v) is 6.25. The van der Waals surface area contributed by atoms with Crippen molar-refractivity contribution in [1.82, 2.24) is 0 Å². The van der Waals surface area contributed by atoms with Crippen molar-refractivity contribution in [2.75, 3.05) is 6.61 Å². The predicted molar refractivity (Wildman–Crippen MR) is 74.7 cm³/mol. The van der Waals surface area contributed by atoms with Crippen LogP contribution < -0.4 is 4.74 Å². The molecule has 0 radical (unpaired) electrons. The number of ether oxygens (including phenoxy) is 1. The Morgan fingerprint density at radius 3 is 2.45 bits per heavy atom. The van der Waals surface area contributed by atoms with Gasteiger partial charge in [0.1, 0.15) is 12.4 Å². The van der Waals surface area contributed by atoms with Gasteiger partial charge in [0, 0.05) is 12.7 Å². The fourth-order valence-electron chi connectivity index (χ4n) is 1.85. The topological polar surface area (TPSA) is 72.6 Å². The second-order valence-corrected chi connectivity index (χ2v) is 4.29. The van der Waals surface area contributed by atoms with Crippen LogP contribution in [0.25, 0.3) is 0 Å². The lowest BCUT2D eigenvalue weighted by Gasteiger charge is -2.07. The van der Waals surface area contributed by atoms with E-state index in [1.807, 2.05) is 12.1 Å². The molecule has 104 valence electrons. The van der Waals surface area contributed by atoms with E-state index in [1.165, 1.54) is 6.07 Å². The van der Waals surface area contributed by atoms with Gasteiger partial charge in [0.25, 0.3) is 5.69 Å². The molecule has 20 heavy (non-hydrogen) atoms. The Labute approximate surface area is 116 Å². The number of benzene rings is 2. The molecule has 0 fully saturated rings. The molecule has 0 saturated carbocycles. The number of hydrogen-bond donors (Lipinski definition) is 1. The molecule has 5 heteroatoms. The highest BCUT2D eigenvalue weighted by Gasteiger charge is 2.12. The third-order valence-electron chi connectivity index (χ3n) is 2.91. The van der Waals surface area contributed by atoms with E-state index in [2.05, 4.69) is 0 Å². The third-order valence-corrected chi connectivity index (χ3v) is 2.91. The highest BCUT2D eigenvalue weighted by Crippen LogP contribution is 2.20. The van der Waals surface area contributed by atoms with E-state index in [9.17, 15) is 10.1 Å². The molecule has 0 aliphatic rings. The summed E-state index contributed by atoms with van der Waals surface area (Å²) in [4.78, 5) is 10.5. The molecular weight excluding hydrogens is 258 g/mol. The van der Waals surface area contributed by atoms with Gasteiger partial charge in [-0.3, -0.25) is 10.1 Å². The minimum atomic E-state index is -0.414. The summed E-state index contributed by atoms with van der Waals surface area (Å²) in [6.07, 6.45) is 0.602. The van der Waals surface area contributed by atoms with E-state index < -0.39 is 4.92 Å². The van der Waals surface area contributed by atoms with Crippen molar-refractivity contribution in [3.8, 4) is 5.75 Å². The normalized spacial score (nSPS) is 10.2. The van der Waals surface area contributed by atoms with Gasteiger partial charge in [0.15, 0.2) is 0 Å². The summed E-state index contributed by atoms with van der Waals surface area (Å²) < 4.78 is 5.55. The van der Waals surface area contributed by atoms with Crippen molar-refractivity contribution in [2.45, 2.75) is 13.0 Å². The van der Waals surface area contributed by atoms with Crippen LogP contribution in [0.1, 0.15) is 11.1 Å². The molecule has 0 unspecified atom stereocenters. The number of rotatable bonds is 6. The van der Waals surface area contributed by atoms with Crippen LogP contribution in [0.15, 0.2) is 48.5 Å². The van der Waals surface area contributed by atoms with Crippen molar-refractivity contribution in [1.29, 1.82) is 0 Å². The van der Waals surface area contributed by atoms with E-state index >= 15 is 0 Å². The molecule has 0 aliphatic carbocycles. The molecule has 5 nitrogen and oxygen atoms in total. The molecule has 1 N–H and O–H groups in total. The van der Waals surface area contributed by atoms with Crippen LogP contribution in [0.4, 0.5) is 5.69 Å².